The molecule has 6 heteroatoms. The Bertz CT molecular complexity index is 548. The highest BCUT2D eigenvalue weighted by molar-refractivity contribution is 6.34. The Balaban J connectivity index is 2.01. The molecular formula is C14H17N3O3. The summed E-state index contributed by atoms with van der Waals surface area (Å²) in [6.07, 6.45) is 0. The molecule has 0 atom stereocenters. The zero-order valence-electron chi connectivity index (χ0n) is 11.3. The van der Waals surface area contributed by atoms with E-state index < -0.39 is 11.8 Å². The minimum atomic E-state index is -0.955. The van der Waals surface area contributed by atoms with Gasteiger partial charge in [0.2, 0.25) is 0 Å². The predicted molar refractivity (Wildman–Crippen MR) is 72.9 cm³/mol. The third-order valence-electron chi connectivity index (χ3n) is 3.44. The van der Waals surface area contributed by atoms with Gasteiger partial charge in [-0.05, 0) is 18.6 Å². The minimum Gasteiger partial charge on any atom is -0.361 e. The van der Waals surface area contributed by atoms with Gasteiger partial charge in [0.05, 0.1) is 0 Å². The van der Waals surface area contributed by atoms with Crippen LogP contribution in [0.15, 0.2) is 24.3 Å². The van der Waals surface area contributed by atoms with Crippen LogP contribution >= 0.6 is 0 Å². The molecular weight excluding hydrogens is 258 g/mol. The van der Waals surface area contributed by atoms with E-state index in [0.29, 0.717) is 31.7 Å². The van der Waals surface area contributed by atoms with E-state index in [-0.39, 0.29) is 5.91 Å². The number of benzene rings is 1. The van der Waals surface area contributed by atoms with Crippen molar-refractivity contribution in [3.8, 4) is 0 Å². The van der Waals surface area contributed by atoms with E-state index in [1.165, 1.54) is 4.90 Å². The number of hydrogen-bond donors (Lipinski definition) is 1. The van der Waals surface area contributed by atoms with E-state index in [1.54, 1.807) is 11.0 Å². The third kappa shape index (κ3) is 2.79. The molecule has 0 aliphatic carbocycles. The lowest BCUT2D eigenvalue weighted by atomic mass is 10.1. The smallest absolute Gasteiger partial charge is 0.311 e. The molecule has 1 saturated heterocycles. The van der Waals surface area contributed by atoms with E-state index in [9.17, 15) is 14.4 Å². The average molecular weight is 275 g/mol. The van der Waals surface area contributed by atoms with Crippen molar-refractivity contribution in [1.29, 1.82) is 0 Å². The molecule has 3 amide bonds. The van der Waals surface area contributed by atoms with Gasteiger partial charge in [0, 0.05) is 31.7 Å². The maximum absolute atomic E-state index is 12.4. The molecule has 1 aromatic carbocycles. The number of primary amides is 1. The Hall–Kier alpha value is -2.37. The maximum Gasteiger partial charge on any atom is 0.311 e. The van der Waals surface area contributed by atoms with Crippen molar-refractivity contribution >= 4 is 17.7 Å². The highest BCUT2D eigenvalue weighted by Crippen LogP contribution is 2.12. The Morgan fingerprint density at radius 3 is 2.10 bits per heavy atom. The molecule has 1 aliphatic rings. The SMILES string of the molecule is Cc1ccccc1C(=O)N1CCN(C(=O)C(N)=O)CC1. The molecule has 2 rings (SSSR count). The van der Waals surface area contributed by atoms with Crippen LogP contribution in [0.3, 0.4) is 0 Å². The monoisotopic (exact) mass is 275 g/mol. The van der Waals surface area contributed by atoms with E-state index in [1.807, 2.05) is 25.1 Å². The molecule has 1 aromatic rings. The van der Waals surface area contributed by atoms with Gasteiger partial charge in [-0.2, -0.15) is 0 Å². The first kappa shape index (κ1) is 14.0. The number of carbonyl (C=O) groups is 3. The molecule has 1 aliphatic heterocycles. The van der Waals surface area contributed by atoms with Crippen LogP contribution in [0, 0.1) is 6.92 Å². The lowest BCUT2D eigenvalue weighted by molar-refractivity contribution is -0.145. The molecule has 0 bridgehead atoms. The summed E-state index contributed by atoms with van der Waals surface area (Å²) in [7, 11) is 0. The number of nitrogens with zero attached hydrogens (tertiary/aromatic N) is 2. The van der Waals surface area contributed by atoms with Crippen LogP contribution in [0.4, 0.5) is 0 Å². The lowest BCUT2D eigenvalue weighted by Gasteiger charge is -2.34. The van der Waals surface area contributed by atoms with Crippen molar-refractivity contribution in [2.75, 3.05) is 26.2 Å². The minimum absolute atomic E-state index is 0.0470. The Kier molecular flexibility index (Phi) is 4.02. The van der Waals surface area contributed by atoms with Crippen LogP contribution in [0.25, 0.3) is 0 Å². The zero-order valence-corrected chi connectivity index (χ0v) is 11.3. The fourth-order valence-corrected chi connectivity index (χ4v) is 2.25. The first-order valence-electron chi connectivity index (χ1n) is 6.44. The first-order valence-corrected chi connectivity index (χ1v) is 6.44. The summed E-state index contributed by atoms with van der Waals surface area (Å²) in [4.78, 5) is 37.7. The van der Waals surface area contributed by atoms with E-state index >= 15 is 0 Å². The third-order valence-corrected chi connectivity index (χ3v) is 3.44. The fraction of sp³-hybridized carbons (Fsp3) is 0.357. The van der Waals surface area contributed by atoms with E-state index in [0.717, 1.165) is 5.56 Å². The van der Waals surface area contributed by atoms with Gasteiger partial charge in [-0.15, -0.1) is 0 Å². The molecule has 6 nitrogen and oxygen atoms in total. The average Bonchev–Trinajstić information content (AvgIpc) is 2.46. The van der Waals surface area contributed by atoms with Crippen molar-refractivity contribution in [1.82, 2.24) is 9.80 Å². The Morgan fingerprint density at radius 2 is 1.55 bits per heavy atom. The molecule has 1 fully saturated rings. The van der Waals surface area contributed by atoms with Gasteiger partial charge in [-0.25, -0.2) is 0 Å². The number of nitrogens with two attached hydrogens (primary N) is 1. The Morgan fingerprint density at radius 1 is 1.00 bits per heavy atom. The number of hydrogen-bond acceptors (Lipinski definition) is 3. The maximum atomic E-state index is 12.4. The summed E-state index contributed by atoms with van der Waals surface area (Å²) in [5.74, 6) is -1.69. The normalized spacial score (nSPS) is 15.1. The quantitative estimate of drug-likeness (QED) is 0.718. The van der Waals surface area contributed by atoms with Crippen LogP contribution in [-0.2, 0) is 9.59 Å². The van der Waals surface area contributed by atoms with Gasteiger partial charge in [-0.3, -0.25) is 14.4 Å². The van der Waals surface area contributed by atoms with Crippen LogP contribution in [-0.4, -0.2) is 53.7 Å². The van der Waals surface area contributed by atoms with Crippen LogP contribution in [0.1, 0.15) is 15.9 Å². The molecule has 20 heavy (non-hydrogen) atoms. The summed E-state index contributed by atoms with van der Waals surface area (Å²) in [5.41, 5.74) is 6.55. The predicted octanol–water partition coefficient (Wildman–Crippen LogP) is -0.235. The van der Waals surface area contributed by atoms with Gasteiger partial charge in [-0.1, -0.05) is 18.2 Å². The molecule has 0 unspecified atom stereocenters. The van der Waals surface area contributed by atoms with Gasteiger partial charge in [0.15, 0.2) is 0 Å². The van der Waals surface area contributed by atoms with Crippen molar-refractivity contribution < 1.29 is 14.4 Å². The second-order valence-electron chi connectivity index (χ2n) is 4.76. The first-order chi connectivity index (χ1) is 9.50. The number of aryl methyl sites for hydroxylation is 1. The standard InChI is InChI=1S/C14H17N3O3/c1-10-4-2-3-5-11(10)13(19)16-6-8-17(9-7-16)14(20)12(15)18/h2-5H,6-9H2,1H3,(H2,15,18). The van der Waals surface area contributed by atoms with Crippen molar-refractivity contribution in [3.63, 3.8) is 0 Å². The van der Waals surface area contributed by atoms with E-state index in [4.69, 9.17) is 5.73 Å². The van der Waals surface area contributed by atoms with Gasteiger partial charge < -0.3 is 15.5 Å². The Labute approximate surface area is 117 Å². The molecule has 0 saturated carbocycles. The summed E-state index contributed by atoms with van der Waals surface area (Å²) in [6.45, 7) is 3.37. The largest absolute Gasteiger partial charge is 0.361 e. The zero-order chi connectivity index (χ0) is 14.7. The molecule has 0 radical (unpaired) electrons. The summed E-state index contributed by atoms with van der Waals surface area (Å²) in [5, 5.41) is 0. The van der Waals surface area contributed by atoms with Gasteiger partial charge >= 0.3 is 11.8 Å². The molecule has 106 valence electrons. The fourth-order valence-electron chi connectivity index (χ4n) is 2.25. The van der Waals surface area contributed by atoms with Crippen molar-refractivity contribution in [3.05, 3.63) is 35.4 Å². The van der Waals surface area contributed by atoms with Crippen LogP contribution < -0.4 is 5.73 Å². The molecule has 2 N–H and O–H groups in total. The van der Waals surface area contributed by atoms with Gasteiger partial charge in [0.1, 0.15) is 0 Å². The second-order valence-corrected chi connectivity index (χ2v) is 4.76. The van der Waals surface area contributed by atoms with Gasteiger partial charge in [0.25, 0.3) is 5.91 Å². The molecule has 1 heterocycles. The van der Waals surface area contributed by atoms with Crippen LogP contribution in [0.5, 0.6) is 0 Å². The van der Waals surface area contributed by atoms with Crippen LogP contribution in [0.2, 0.25) is 0 Å². The molecule has 0 aromatic heterocycles. The highest BCUT2D eigenvalue weighted by Gasteiger charge is 2.27. The number of carbonyl (C=O) groups excluding carboxylic acids is 3. The summed E-state index contributed by atoms with van der Waals surface area (Å²) < 4.78 is 0. The van der Waals surface area contributed by atoms with Crippen molar-refractivity contribution in [2.24, 2.45) is 5.73 Å². The number of piperazine rings is 1. The lowest BCUT2D eigenvalue weighted by Crippen LogP contribution is -2.53. The highest BCUT2D eigenvalue weighted by atomic mass is 16.2. The number of rotatable bonds is 1. The number of amides is 3. The summed E-state index contributed by atoms with van der Waals surface area (Å²) in [6, 6.07) is 7.39. The van der Waals surface area contributed by atoms with Crippen molar-refractivity contribution in [2.45, 2.75) is 6.92 Å². The topological polar surface area (TPSA) is 83.7 Å². The molecule has 0 spiro atoms. The van der Waals surface area contributed by atoms with E-state index in [2.05, 4.69) is 0 Å². The summed E-state index contributed by atoms with van der Waals surface area (Å²) >= 11 is 0. The second kappa shape index (κ2) is 5.73.